The summed E-state index contributed by atoms with van der Waals surface area (Å²) in [6.07, 6.45) is 0. The monoisotopic (exact) mass is 339 g/mol. The first-order valence-electron chi connectivity index (χ1n) is 5.62. The third-order valence-corrected chi connectivity index (χ3v) is 3.04. The maximum Gasteiger partial charge on any atom is 0.337 e. The number of nitrogen functional groups attached to an aromatic ring is 1. The maximum atomic E-state index is 13.6. The highest BCUT2D eigenvalue weighted by Crippen LogP contribution is 2.31. The van der Waals surface area contributed by atoms with Gasteiger partial charge in [-0.2, -0.15) is 0 Å². The fraction of sp³-hybridized carbons (Fsp3) is 0.0714. The number of hydrogen-bond acceptors (Lipinski definition) is 4. The number of anilines is 1. The van der Waals surface area contributed by atoms with Gasteiger partial charge in [0.1, 0.15) is 0 Å². The van der Waals surface area contributed by atoms with E-state index >= 15 is 0 Å². The first-order chi connectivity index (χ1) is 9.51. The van der Waals surface area contributed by atoms with Crippen LogP contribution in [0.25, 0.3) is 0 Å². The van der Waals surface area contributed by atoms with E-state index in [1.54, 1.807) is 6.07 Å². The third-order valence-electron chi connectivity index (χ3n) is 2.54. The van der Waals surface area contributed by atoms with Gasteiger partial charge in [0.05, 0.1) is 18.4 Å². The molecule has 0 heterocycles. The highest BCUT2D eigenvalue weighted by Gasteiger charge is 2.11. The van der Waals surface area contributed by atoms with E-state index in [-0.39, 0.29) is 17.2 Å². The quantitative estimate of drug-likeness (QED) is 0.683. The molecule has 2 aromatic carbocycles. The topological polar surface area (TPSA) is 61.5 Å². The molecule has 0 bridgehead atoms. The van der Waals surface area contributed by atoms with Gasteiger partial charge in [0.25, 0.3) is 0 Å². The normalized spacial score (nSPS) is 10.2. The van der Waals surface area contributed by atoms with Crippen LogP contribution < -0.4 is 10.5 Å². The number of hydrogen-bond donors (Lipinski definition) is 1. The summed E-state index contributed by atoms with van der Waals surface area (Å²) < 4.78 is 24.3. The molecule has 4 nitrogen and oxygen atoms in total. The molecule has 0 spiro atoms. The molecular weight excluding hydrogens is 329 g/mol. The van der Waals surface area contributed by atoms with Crippen LogP contribution in [0.2, 0.25) is 0 Å². The Morgan fingerprint density at radius 2 is 1.95 bits per heavy atom. The van der Waals surface area contributed by atoms with E-state index in [2.05, 4.69) is 20.7 Å². The smallest absolute Gasteiger partial charge is 0.337 e. The maximum absolute atomic E-state index is 13.6. The van der Waals surface area contributed by atoms with Crippen molar-refractivity contribution in [2.75, 3.05) is 12.8 Å². The van der Waals surface area contributed by atoms with Gasteiger partial charge in [0.2, 0.25) is 0 Å². The number of esters is 1. The third kappa shape index (κ3) is 3.08. The number of carbonyl (C=O) groups is 1. The lowest BCUT2D eigenvalue weighted by atomic mass is 10.2. The zero-order valence-corrected chi connectivity index (χ0v) is 12.1. The molecule has 2 N–H and O–H groups in total. The standard InChI is InChI=1S/C14H11BrFNO3/c1-19-14(18)8-2-5-12(11(17)6-8)20-13-7-9(15)3-4-10(13)16/h2-7H,17H2,1H3. The Bertz CT molecular complexity index is 661. The predicted octanol–water partition coefficient (Wildman–Crippen LogP) is 3.75. The van der Waals surface area contributed by atoms with Gasteiger partial charge < -0.3 is 15.2 Å². The molecular formula is C14H11BrFNO3. The van der Waals surface area contributed by atoms with Gasteiger partial charge in [0, 0.05) is 4.47 Å². The van der Waals surface area contributed by atoms with Gasteiger partial charge in [-0.1, -0.05) is 15.9 Å². The molecule has 0 aromatic heterocycles. The second kappa shape index (κ2) is 5.92. The minimum atomic E-state index is -0.510. The molecule has 0 atom stereocenters. The summed E-state index contributed by atoms with van der Waals surface area (Å²) in [4.78, 5) is 11.3. The SMILES string of the molecule is COC(=O)c1ccc(Oc2cc(Br)ccc2F)c(N)c1. The van der Waals surface area contributed by atoms with Crippen molar-refractivity contribution in [3.8, 4) is 11.5 Å². The van der Waals surface area contributed by atoms with Crippen molar-refractivity contribution >= 4 is 27.6 Å². The minimum absolute atomic E-state index is 0.0388. The lowest BCUT2D eigenvalue weighted by Crippen LogP contribution is -2.03. The van der Waals surface area contributed by atoms with E-state index in [1.165, 1.54) is 37.4 Å². The second-order valence-corrected chi connectivity index (χ2v) is 4.84. The average Bonchev–Trinajstić information content (AvgIpc) is 2.44. The Labute approximate surface area is 123 Å². The van der Waals surface area contributed by atoms with E-state index in [0.717, 1.165) is 0 Å². The van der Waals surface area contributed by atoms with Crippen LogP contribution in [-0.4, -0.2) is 13.1 Å². The number of benzene rings is 2. The van der Waals surface area contributed by atoms with Crippen molar-refractivity contribution in [2.24, 2.45) is 0 Å². The van der Waals surface area contributed by atoms with Gasteiger partial charge in [-0.15, -0.1) is 0 Å². The van der Waals surface area contributed by atoms with Crippen LogP contribution in [0.3, 0.4) is 0 Å². The number of nitrogens with two attached hydrogens (primary N) is 1. The summed E-state index contributed by atoms with van der Waals surface area (Å²) in [5.74, 6) is -0.715. The van der Waals surface area contributed by atoms with Crippen LogP contribution in [0.5, 0.6) is 11.5 Å². The molecule has 0 aliphatic rings. The Balaban J connectivity index is 2.30. The molecule has 6 heteroatoms. The summed E-state index contributed by atoms with van der Waals surface area (Å²) in [5.41, 5.74) is 6.30. The van der Waals surface area contributed by atoms with Crippen LogP contribution in [0, 0.1) is 5.82 Å². The Kier molecular flexibility index (Phi) is 4.24. The number of methoxy groups -OCH3 is 1. The number of rotatable bonds is 3. The summed E-state index contributed by atoms with van der Waals surface area (Å²) in [7, 11) is 1.28. The van der Waals surface area contributed by atoms with Crippen LogP contribution in [0.1, 0.15) is 10.4 Å². The lowest BCUT2D eigenvalue weighted by molar-refractivity contribution is 0.0601. The molecule has 20 heavy (non-hydrogen) atoms. The van der Waals surface area contributed by atoms with E-state index in [1.807, 2.05) is 0 Å². The van der Waals surface area contributed by atoms with Crippen molar-refractivity contribution in [3.63, 3.8) is 0 Å². The summed E-state index contributed by atoms with van der Waals surface area (Å²) in [6, 6.07) is 8.72. The van der Waals surface area contributed by atoms with E-state index in [0.29, 0.717) is 10.0 Å². The molecule has 0 saturated heterocycles. The molecule has 2 aromatic rings. The molecule has 0 saturated carbocycles. The van der Waals surface area contributed by atoms with Crippen LogP contribution in [0.15, 0.2) is 40.9 Å². The predicted molar refractivity (Wildman–Crippen MR) is 76.4 cm³/mol. The lowest BCUT2D eigenvalue weighted by Gasteiger charge is -2.10. The van der Waals surface area contributed by atoms with Gasteiger partial charge in [-0.05, 0) is 36.4 Å². The van der Waals surface area contributed by atoms with Gasteiger partial charge in [-0.3, -0.25) is 0 Å². The Hall–Kier alpha value is -2.08. The summed E-state index contributed by atoms with van der Waals surface area (Å²) in [5, 5.41) is 0. The van der Waals surface area contributed by atoms with E-state index in [9.17, 15) is 9.18 Å². The largest absolute Gasteiger partial charge is 0.465 e. The highest BCUT2D eigenvalue weighted by molar-refractivity contribution is 9.10. The van der Waals surface area contributed by atoms with Gasteiger partial charge in [0.15, 0.2) is 17.3 Å². The molecule has 2 rings (SSSR count). The molecule has 0 fully saturated rings. The van der Waals surface area contributed by atoms with E-state index < -0.39 is 11.8 Å². The molecule has 104 valence electrons. The van der Waals surface area contributed by atoms with Gasteiger partial charge >= 0.3 is 5.97 Å². The zero-order chi connectivity index (χ0) is 14.7. The van der Waals surface area contributed by atoms with Crippen molar-refractivity contribution in [2.45, 2.75) is 0 Å². The molecule has 0 aliphatic carbocycles. The van der Waals surface area contributed by atoms with Crippen molar-refractivity contribution in [3.05, 3.63) is 52.3 Å². The fourth-order valence-corrected chi connectivity index (χ4v) is 1.90. The second-order valence-electron chi connectivity index (χ2n) is 3.92. The van der Waals surface area contributed by atoms with Crippen LogP contribution in [-0.2, 0) is 4.74 Å². The summed E-state index contributed by atoms with van der Waals surface area (Å²) >= 11 is 3.23. The number of ether oxygens (including phenoxy) is 2. The van der Waals surface area contributed by atoms with Gasteiger partial charge in [-0.25, -0.2) is 9.18 Å². The first-order valence-corrected chi connectivity index (χ1v) is 6.41. The van der Waals surface area contributed by atoms with E-state index in [4.69, 9.17) is 10.5 Å². The minimum Gasteiger partial charge on any atom is -0.465 e. The first kappa shape index (κ1) is 14.3. The van der Waals surface area contributed by atoms with Crippen molar-refractivity contribution < 1.29 is 18.7 Å². The fourth-order valence-electron chi connectivity index (χ4n) is 1.56. The molecule has 0 unspecified atom stereocenters. The number of halogens is 2. The summed E-state index contributed by atoms with van der Waals surface area (Å²) in [6.45, 7) is 0. The van der Waals surface area contributed by atoms with Crippen LogP contribution >= 0.6 is 15.9 Å². The van der Waals surface area contributed by atoms with Crippen molar-refractivity contribution in [1.29, 1.82) is 0 Å². The average molecular weight is 340 g/mol. The molecule has 0 aliphatic heterocycles. The molecule has 0 amide bonds. The highest BCUT2D eigenvalue weighted by atomic mass is 79.9. The van der Waals surface area contributed by atoms with Crippen molar-refractivity contribution in [1.82, 2.24) is 0 Å². The Morgan fingerprint density at radius 3 is 2.60 bits per heavy atom. The Morgan fingerprint density at radius 1 is 1.20 bits per heavy atom. The van der Waals surface area contributed by atoms with Crippen LogP contribution in [0.4, 0.5) is 10.1 Å². The zero-order valence-electron chi connectivity index (χ0n) is 10.5. The number of carbonyl (C=O) groups excluding carboxylic acids is 1. The molecule has 0 radical (unpaired) electrons.